The van der Waals surface area contributed by atoms with Crippen molar-refractivity contribution in [1.29, 1.82) is 0 Å². The van der Waals surface area contributed by atoms with Gasteiger partial charge in [-0.05, 0) is 62.2 Å². The molecule has 0 atom stereocenters. The summed E-state index contributed by atoms with van der Waals surface area (Å²) in [6.07, 6.45) is 2.52. The molecule has 0 amide bonds. The van der Waals surface area contributed by atoms with Crippen molar-refractivity contribution in [2.75, 3.05) is 19.6 Å². The number of nitrogens with one attached hydrogen (secondary N) is 1. The van der Waals surface area contributed by atoms with Gasteiger partial charge >= 0.3 is 0 Å². The molecule has 0 spiro atoms. The molecule has 1 aromatic carbocycles. The summed E-state index contributed by atoms with van der Waals surface area (Å²) in [4.78, 5) is 2.48. The molecule has 1 aromatic rings. The topological polar surface area (TPSA) is 15.3 Å². The molecule has 112 valence electrons. The van der Waals surface area contributed by atoms with E-state index in [-0.39, 0.29) is 0 Å². The van der Waals surface area contributed by atoms with Gasteiger partial charge < -0.3 is 5.32 Å². The molecule has 1 fully saturated rings. The summed E-state index contributed by atoms with van der Waals surface area (Å²) in [5.41, 5.74) is 1.14. The smallest absolute Gasteiger partial charge is 0.0452 e. The van der Waals surface area contributed by atoms with E-state index < -0.39 is 0 Å². The Labute approximate surface area is 132 Å². The van der Waals surface area contributed by atoms with Crippen molar-refractivity contribution in [3.05, 3.63) is 33.8 Å². The predicted molar refractivity (Wildman–Crippen MR) is 87.6 cm³/mol. The van der Waals surface area contributed by atoms with Crippen molar-refractivity contribution in [3.63, 3.8) is 0 Å². The highest BCUT2D eigenvalue weighted by molar-refractivity contribution is 6.33. The van der Waals surface area contributed by atoms with Gasteiger partial charge in [-0.1, -0.05) is 37.0 Å². The van der Waals surface area contributed by atoms with Gasteiger partial charge in [-0.3, -0.25) is 4.90 Å². The Morgan fingerprint density at radius 2 is 1.95 bits per heavy atom. The highest BCUT2D eigenvalue weighted by Gasteiger charge is 2.19. The van der Waals surface area contributed by atoms with Crippen LogP contribution in [0.5, 0.6) is 0 Å². The first-order valence-corrected chi connectivity index (χ1v) is 8.20. The molecule has 20 heavy (non-hydrogen) atoms. The zero-order valence-electron chi connectivity index (χ0n) is 12.3. The van der Waals surface area contributed by atoms with Crippen molar-refractivity contribution >= 4 is 23.2 Å². The van der Waals surface area contributed by atoms with Crippen LogP contribution in [0, 0.1) is 5.92 Å². The van der Waals surface area contributed by atoms with E-state index in [1.54, 1.807) is 0 Å². The minimum atomic E-state index is 0.582. The lowest BCUT2D eigenvalue weighted by Gasteiger charge is -2.32. The first kappa shape index (κ1) is 16.1. The average Bonchev–Trinajstić information content (AvgIpc) is 2.42. The fourth-order valence-electron chi connectivity index (χ4n) is 2.66. The van der Waals surface area contributed by atoms with Crippen LogP contribution in [0.3, 0.4) is 0 Å². The highest BCUT2D eigenvalue weighted by Crippen LogP contribution is 2.24. The van der Waals surface area contributed by atoms with E-state index in [0.717, 1.165) is 47.7 Å². The van der Waals surface area contributed by atoms with Crippen LogP contribution in [0.2, 0.25) is 10.0 Å². The molecule has 1 N–H and O–H groups in total. The van der Waals surface area contributed by atoms with Crippen LogP contribution < -0.4 is 5.32 Å². The molecule has 0 saturated carbocycles. The van der Waals surface area contributed by atoms with Crippen molar-refractivity contribution in [1.82, 2.24) is 10.2 Å². The second kappa shape index (κ2) is 7.65. The third kappa shape index (κ3) is 4.92. The first-order chi connectivity index (χ1) is 9.54. The number of benzene rings is 1. The molecule has 4 heteroatoms. The second-order valence-corrected chi connectivity index (χ2v) is 6.86. The lowest BCUT2D eigenvalue weighted by atomic mass is 9.96. The molecule has 0 radical (unpaired) electrons. The van der Waals surface area contributed by atoms with Gasteiger partial charge in [0.2, 0.25) is 0 Å². The van der Waals surface area contributed by atoms with Gasteiger partial charge in [-0.25, -0.2) is 0 Å². The summed E-state index contributed by atoms with van der Waals surface area (Å²) in [6.45, 7) is 8.75. The van der Waals surface area contributed by atoms with Gasteiger partial charge in [-0.2, -0.15) is 0 Å². The summed E-state index contributed by atoms with van der Waals surface area (Å²) in [5.74, 6) is 0.809. The summed E-state index contributed by atoms with van der Waals surface area (Å²) in [5, 5.41) is 5.12. The Morgan fingerprint density at radius 1 is 1.25 bits per heavy atom. The molecule has 2 nitrogen and oxygen atoms in total. The highest BCUT2D eigenvalue weighted by atomic mass is 35.5. The Hall–Kier alpha value is -0.280. The largest absolute Gasteiger partial charge is 0.314 e. The van der Waals surface area contributed by atoms with Gasteiger partial charge in [0.15, 0.2) is 0 Å². The summed E-state index contributed by atoms with van der Waals surface area (Å²) < 4.78 is 0. The Bertz CT molecular complexity index is 426. The Balaban J connectivity index is 1.81. The molecule has 0 bridgehead atoms. The maximum atomic E-state index is 6.23. The lowest BCUT2D eigenvalue weighted by molar-refractivity contribution is 0.174. The van der Waals surface area contributed by atoms with Crippen molar-refractivity contribution < 1.29 is 0 Å². The number of hydrogen-bond acceptors (Lipinski definition) is 2. The van der Waals surface area contributed by atoms with Gasteiger partial charge in [0, 0.05) is 22.6 Å². The Kier molecular flexibility index (Phi) is 6.16. The molecule has 0 aromatic heterocycles. The van der Waals surface area contributed by atoms with Crippen molar-refractivity contribution in [2.24, 2.45) is 5.92 Å². The normalized spacial score (nSPS) is 17.9. The van der Waals surface area contributed by atoms with E-state index in [9.17, 15) is 0 Å². The molecule has 2 rings (SSSR count). The third-order valence-electron chi connectivity index (χ3n) is 3.92. The summed E-state index contributed by atoms with van der Waals surface area (Å²) >= 11 is 12.3. The number of rotatable bonds is 5. The number of halogens is 2. The fraction of sp³-hybridized carbons (Fsp3) is 0.625. The van der Waals surface area contributed by atoms with E-state index >= 15 is 0 Å². The summed E-state index contributed by atoms with van der Waals surface area (Å²) in [6, 6.07) is 6.30. The van der Waals surface area contributed by atoms with Crippen LogP contribution in [0.4, 0.5) is 0 Å². The Morgan fingerprint density at radius 3 is 2.60 bits per heavy atom. The number of nitrogens with zero attached hydrogens (tertiary/aromatic N) is 1. The van der Waals surface area contributed by atoms with E-state index in [4.69, 9.17) is 23.2 Å². The molecular weight excluding hydrogens is 291 g/mol. The lowest BCUT2D eigenvalue weighted by Crippen LogP contribution is -2.38. The molecule has 0 aliphatic carbocycles. The second-order valence-electron chi connectivity index (χ2n) is 6.02. The van der Waals surface area contributed by atoms with Crippen molar-refractivity contribution in [3.8, 4) is 0 Å². The third-order valence-corrected chi connectivity index (χ3v) is 4.53. The minimum Gasteiger partial charge on any atom is -0.314 e. The fourth-order valence-corrected chi connectivity index (χ4v) is 3.03. The molecule has 1 aliphatic rings. The maximum Gasteiger partial charge on any atom is 0.0452 e. The van der Waals surface area contributed by atoms with E-state index in [1.165, 1.54) is 12.8 Å². The van der Waals surface area contributed by atoms with E-state index in [1.807, 2.05) is 18.2 Å². The van der Waals surface area contributed by atoms with Gasteiger partial charge in [0.05, 0.1) is 0 Å². The van der Waals surface area contributed by atoms with Gasteiger partial charge in [0.1, 0.15) is 0 Å². The summed E-state index contributed by atoms with van der Waals surface area (Å²) in [7, 11) is 0. The van der Waals surface area contributed by atoms with Crippen LogP contribution in [-0.4, -0.2) is 30.6 Å². The molecule has 1 aliphatic heterocycles. The maximum absolute atomic E-state index is 6.23. The van der Waals surface area contributed by atoms with Crippen molar-refractivity contribution in [2.45, 2.75) is 39.3 Å². The van der Waals surface area contributed by atoms with Crippen LogP contribution in [0.25, 0.3) is 0 Å². The van der Waals surface area contributed by atoms with Crippen LogP contribution in [0.15, 0.2) is 18.2 Å². The number of piperidine rings is 1. The minimum absolute atomic E-state index is 0.582. The van der Waals surface area contributed by atoms with Gasteiger partial charge in [-0.15, -0.1) is 0 Å². The predicted octanol–water partition coefficient (Wildman–Crippen LogP) is 4.20. The monoisotopic (exact) mass is 314 g/mol. The quantitative estimate of drug-likeness (QED) is 0.876. The molecule has 0 unspecified atom stereocenters. The number of hydrogen-bond donors (Lipinski definition) is 1. The average molecular weight is 315 g/mol. The molecular formula is C16H24Cl2N2. The first-order valence-electron chi connectivity index (χ1n) is 7.44. The van der Waals surface area contributed by atoms with E-state index in [0.29, 0.717) is 6.04 Å². The van der Waals surface area contributed by atoms with Crippen LogP contribution in [0.1, 0.15) is 32.3 Å². The zero-order valence-corrected chi connectivity index (χ0v) is 13.8. The molecule has 1 saturated heterocycles. The molecule has 1 heterocycles. The van der Waals surface area contributed by atoms with Crippen LogP contribution in [-0.2, 0) is 6.54 Å². The van der Waals surface area contributed by atoms with Crippen LogP contribution >= 0.6 is 23.2 Å². The number of likely N-dealkylation sites (tertiary alicyclic amines) is 1. The van der Waals surface area contributed by atoms with Gasteiger partial charge in [0.25, 0.3) is 0 Å². The SMILES string of the molecule is CC(C)NCC1CCN(Cc2cc(Cl)ccc2Cl)CC1. The zero-order chi connectivity index (χ0) is 14.5. The standard InChI is InChI=1S/C16H24Cl2N2/c1-12(2)19-10-13-5-7-20(8-6-13)11-14-9-15(17)3-4-16(14)18/h3-4,9,12-13,19H,5-8,10-11H2,1-2H3. The van der Waals surface area contributed by atoms with E-state index in [2.05, 4.69) is 24.1 Å².